The van der Waals surface area contributed by atoms with Crippen LogP contribution in [0.1, 0.15) is 53.4 Å². The summed E-state index contributed by atoms with van der Waals surface area (Å²) in [5.41, 5.74) is 2.31. The number of piperidine rings is 1. The molecule has 0 radical (unpaired) electrons. The SMILES string of the molecule is Cc1c(C(=O)N2CCC3(CC2)C[C@H](O)C[C@H](c2ccccc2)O3)cnn1C. The van der Waals surface area contributed by atoms with E-state index in [4.69, 9.17) is 4.74 Å². The van der Waals surface area contributed by atoms with Gasteiger partial charge in [-0.3, -0.25) is 9.48 Å². The smallest absolute Gasteiger partial charge is 0.257 e. The van der Waals surface area contributed by atoms with Gasteiger partial charge in [0, 0.05) is 38.7 Å². The minimum Gasteiger partial charge on any atom is -0.393 e. The second-order valence-electron chi connectivity index (χ2n) is 7.85. The van der Waals surface area contributed by atoms with Gasteiger partial charge in [-0.05, 0) is 25.3 Å². The Morgan fingerprint density at radius 2 is 1.96 bits per heavy atom. The number of amides is 1. The first-order chi connectivity index (χ1) is 13.0. The monoisotopic (exact) mass is 369 g/mol. The molecule has 1 spiro atoms. The molecular formula is C21H27N3O3. The zero-order valence-corrected chi connectivity index (χ0v) is 16.0. The number of ether oxygens (including phenoxy) is 1. The molecule has 2 fully saturated rings. The molecule has 4 rings (SSSR count). The molecule has 2 aliphatic rings. The van der Waals surface area contributed by atoms with Gasteiger partial charge >= 0.3 is 0 Å². The van der Waals surface area contributed by atoms with E-state index in [1.165, 1.54) is 0 Å². The highest BCUT2D eigenvalue weighted by molar-refractivity contribution is 5.95. The summed E-state index contributed by atoms with van der Waals surface area (Å²) >= 11 is 0. The normalized spacial score (nSPS) is 24.9. The Bertz CT molecular complexity index is 809. The van der Waals surface area contributed by atoms with Crippen LogP contribution in [0.25, 0.3) is 0 Å². The lowest BCUT2D eigenvalue weighted by atomic mass is 9.81. The minimum atomic E-state index is -0.369. The van der Waals surface area contributed by atoms with Crippen LogP contribution in [-0.4, -0.2) is 50.5 Å². The van der Waals surface area contributed by atoms with E-state index in [0.29, 0.717) is 31.5 Å². The summed E-state index contributed by atoms with van der Waals surface area (Å²) in [5, 5.41) is 14.7. The molecule has 27 heavy (non-hydrogen) atoms. The van der Waals surface area contributed by atoms with E-state index in [9.17, 15) is 9.90 Å². The van der Waals surface area contributed by atoms with Crippen LogP contribution in [0.3, 0.4) is 0 Å². The summed E-state index contributed by atoms with van der Waals surface area (Å²) in [7, 11) is 1.85. The van der Waals surface area contributed by atoms with Gasteiger partial charge in [0.25, 0.3) is 5.91 Å². The largest absolute Gasteiger partial charge is 0.393 e. The summed E-state index contributed by atoms with van der Waals surface area (Å²) in [6, 6.07) is 10.1. The number of aliphatic hydroxyl groups excluding tert-OH is 1. The molecule has 0 saturated carbocycles. The number of hydrogen-bond acceptors (Lipinski definition) is 4. The molecule has 0 unspecified atom stereocenters. The molecule has 2 aliphatic heterocycles. The maximum Gasteiger partial charge on any atom is 0.257 e. The van der Waals surface area contributed by atoms with E-state index in [1.54, 1.807) is 10.9 Å². The van der Waals surface area contributed by atoms with Crippen LogP contribution in [0.5, 0.6) is 0 Å². The number of carbonyl (C=O) groups is 1. The van der Waals surface area contributed by atoms with Gasteiger partial charge in [-0.15, -0.1) is 0 Å². The number of nitrogens with zero attached hydrogens (tertiary/aromatic N) is 3. The highest BCUT2D eigenvalue weighted by Crippen LogP contribution is 2.43. The van der Waals surface area contributed by atoms with Gasteiger partial charge in [-0.25, -0.2) is 0 Å². The molecule has 1 aromatic heterocycles. The number of likely N-dealkylation sites (tertiary alicyclic amines) is 1. The van der Waals surface area contributed by atoms with Crippen LogP contribution in [0.4, 0.5) is 0 Å². The van der Waals surface area contributed by atoms with E-state index < -0.39 is 0 Å². The third-order valence-corrected chi connectivity index (χ3v) is 6.08. The maximum absolute atomic E-state index is 12.8. The van der Waals surface area contributed by atoms with E-state index >= 15 is 0 Å². The second kappa shape index (κ2) is 7.09. The van der Waals surface area contributed by atoms with Crippen molar-refractivity contribution in [3.05, 3.63) is 53.3 Å². The summed E-state index contributed by atoms with van der Waals surface area (Å²) in [5.74, 6) is 0.0337. The van der Waals surface area contributed by atoms with Crippen molar-refractivity contribution in [2.45, 2.75) is 50.4 Å². The number of aliphatic hydroxyl groups is 1. The van der Waals surface area contributed by atoms with Gasteiger partial charge in [-0.2, -0.15) is 5.10 Å². The highest BCUT2D eigenvalue weighted by Gasteiger charge is 2.44. The van der Waals surface area contributed by atoms with E-state index in [0.717, 1.165) is 24.1 Å². The fourth-order valence-corrected chi connectivity index (χ4v) is 4.35. The summed E-state index contributed by atoms with van der Waals surface area (Å²) in [4.78, 5) is 14.7. The predicted molar refractivity (Wildman–Crippen MR) is 101 cm³/mol. The van der Waals surface area contributed by atoms with Crippen LogP contribution in [0.15, 0.2) is 36.5 Å². The Labute approximate surface area is 159 Å². The molecule has 1 aromatic carbocycles. The number of aromatic nitrogens is 2. The average molecular weight is 369 g/mol. The second-order valence-corrected chi connectivity index (χ2v) is 7.85. The molecule has 1 amide bonds. The van der Waals surface area contributed by atoms with Gasteiger partial charge in [0.1, 0.15) is 0 Å². The van der Waals surface area contributed by atoms with E-state index in [2.05, 4.69) is 17.2 Å². The quantitative estimate of drug-likeness (QED) is 0.884. The number of rotatable bonds is 2. The lowest BCUT2D eigenvalue weighted by Gasteiger charge is -2.48. The topological polar surface area (TPSA) is 67.6 Å². The zero-order valence-electron chi connectivity index (χ0n) is 16.0. The van der Waals surface area contributed by atoms with Crippen LogP contribution < -0.4 is 0 Å². The summed E-state index contributed by atoms with van der Waals surface area (Å²) in [6.07, 6.45) is 3.96. The van der Waals surface area contributed by atoms with Crippen molar-refractivity contribution in [1.29, 1.82) is 0 Å². The molecule has 1 N–H and O–H groups in total. The summed E-state index contributed by atoms with van der Waals surface area (Å²) < 4.78 is 8.24. The minimum absolute atomic E-state index is 0.0337. The molecule has 2 aromatic rings. The lowest BCUT2D eigenvalue weighted by molar-refractivity contribution is -0.181. The molecular weight excluding hydrogens is 342 g/mol. The van der Waals surface area contributed by atoms with Crippen LogP contribution in [0, 0.1) is 6.92 Å². The Morgan fingerprint density at radius 3 is 2.59 bits per heavy atom. The van der Waals surface area contributed by atoms with E-state index in [1.807, 2.05) is 37.1 Å². The fraction of sp³-hybridized carbons (Fsp3) is 0.524. The van der Waals surface area contributed by atoms with Crippen molar-refractivity contribution in [1.82, 2.24) is 14.7 Å². The number of hydrogen-bond donors (Lipinski definition) is 1. The molecule has 2 saturated heterocycles. The fourth-order valence-electron chi connectivity index (χ4n) is 4.35. The average Bonchev–Trinajstić information content (AvgIpc) is 3.01. The number of carbonyl (C=O) groups excluding carboxylic acids is 1. The standard InChI is InChI=1S/C21H27N3O3/c1-15-18(14-22-23(15)2)20(26)24-10-8-21(9-11-24)13-17(25)12-19(27-21)16-6-4-3-5-7-16/h3-7,14,17,19,25H,8-13H2,1-2H3/t17-,19-/m1/s1. The first-order valence-corrected chi connectivity index (χ1v) is 9.66. The predicted octanol–water partition coefficient (Wildman–Crippen LogP) is 2.62. The van der Waals surface area contributed by atoms with Crippen molar-refractivity contribution < 1.29 is 14.6 Å². The van der Waals surface area contributed by atoms with Crippen molar-refractivity contribution >= 4 is 5.91 Å². The van der Waals surface area contributed by atoms with Crippen molar-refractivity contribution in [2.24, 2.45) is 7.05 Å². The van der Waals surface area contributed by atoms with E-state index in [-0.39, 0.29) is 23.7 Å². The molecule has 3 heterocycles. The zero-order chi connectivity index (χ0) is 19.0. The molecule has 6 nitrogen and oxygen atoms in total. The Morgan fingerprint density at radius 1 is 1.26 bits per heavy atom. The first-order valence-electron chi connectivity index (χ1n) is 9.66. The number of aryl methyl sites for hydroxylation is 1. The Hall–Kier alpha value is -2.18. The third kappa shape index (κ3) is 3.51. The first kappa shape index (κ1) is 18.2. The lowest BCUT2D eigenvalue weighted by Crippen LogP contribution is -2.52. The maximum atomic E-state index is 12.8. The van der Waals surface area contributed by atoms with Crippen LogP contribution in [0.2, 0.25) is 0 Å². The molecule has 0 aliphatic carbocycles. The molecule has 0 bridgehead atoms. The Kier molecular flexibility index (Phi) is 4.78. The van der Waals surface area contributed by atoms with Gasteiger partial charge in [-0.1, -0.05) is 30.3 Å². The van der Waals surface area contributed by atoms with Gasteiger partial charge < -0.3 is 14.7 Å². The van der Waals surface area contributed by atoms with Gasteiger partial charge in [0.2, 0.25) is 0 Å². The van der Waals surface area contributed by atoms with Crippen LogP contribution >= 0.6 is 0 Å². The summed E-state index contributed by atoms with van der Waals surface area (Å²) in [6.45, 7) is 3.19. The van der Waals surface area contributed by atoms with Gasteiger partial charge in [0.05, 0.1) is 29.6 Å². The molecule has 144 valence electrons. The molecule has 6 heteroatoms. The molecule has 2 atom stereocenters. The Balaban J connectivity index is 1.45. The van der Waals surface area contributed by atoms with Gasteiger partial charge in [0.15, 0.2) is 0 Å². The number of benzene rings is 1. The van der Waals surface area contributed by atoms with Crippen molar-refractivity contribution in [3.8, 4) is 0 Å². The van der Waals surface area contributed by atoms with Crippen molar-refractivity contribution in [3.63, 3.8) is 0 Å². The third-order valence-electron chi connectivity index (χ3n) is 6.08. The van der Waals surface area contributed by atoms with Crippen LogP contribution in [-0.2, 0) is 11.8 Å². The van der Waals surface area contributed by atoms with Crippen molar-refractivity contribution in [2.75, 3.05) is 13.1 Å². The highest BCUT2D eigenvalue weighted by atomic mass is 16.5.